The molecule has 4 nitrogen and oxygen atoms in total. The van der Waals surface area contributed by atoms with Gasteiger partial charge in [-0.3, -0.25) is 0 Å². The standard InChI is InChI=1S/C13H14N2O2/c1-9(2)10-5-3-4-6-12(10)15-7-11(13(16)17)14-8-15/h3-9H,1-2H3,(H,16,17). The highest BCUT2D eigenvalue weighted by molar-refractivity contribution is 5.85. The molecule has 1 aromatic heterocycles. The number of carbonyl (C=O) groups is 1. The molecule has 0 aliphatic rings. The van der Waals surface area contributed by atoms with Crippen molar-refractivity contribution in [2.24, 2.45) is 0 Å². The molecule has 4 heteroatoms. The molecule has 88 valence electrons. The van der Waals surface area contributed by atoms with Gasteiger partial charge in [-0.25, -0.2) is 9.78 Å². The molecule has 1 N–H and O–H groups in total. The first kappa shape index (κ1) is 11.4. The van der Waals surface area contributed by atoms with Crippen molar-refractivity contribution in [1.29, 1.82) is 0 Å². The molecular weight excluding hydrogens is 216 g/mol. The van der Waals surface area contributed by atoms with Gasteiger partial charge < -0.3 is 9.67 Å². The average Bonchev–Trinajstić information content (AvgIpc) is 2.78. The summed E-state index contributed by atoms with van der Waals surface area (Å²) in [6, 6.07) is 7.92. The number of para-hydroxylation sites is 1. The normalized spacial score (nSPS) is 10.8. The number of benzene rings is 1. The summed E-state index contributed by atoms with van der Waals surface area (Å²) >= 11 is 0. The molecule has 1 heterocycles. The fourth-order valence-corrected chi connectivity index (χ4v) is 1.78. The highest BCUT2D eigenvalue weighted by Crippen LogP contribution is 2.22. The van der Waals surface area contributed by atoms with E-state index in [1.807, 2.05) is 24.3 Å². The summed E-state index contributed by atoms with van der Waals surface area (Å²) in [5.41, 5.74) is 2.20. The van der Waals surface area contributed by atoms with Gasteiger partial charge in [0.1, 0.15) is 6.33 Å². The second-order valence-corrected chi connectivity index (χ2v) is 4.18. The molecule has 0 spiro atoms. The number of hydrogen-bond donors (Lipinski definition) is 1. The minimum atomic E-state index is -1.01. The predicted octanol–water partition coefficient (Wildman–Crippen LogP) is 2.69. The van der Waals surface area contributed by atoms with Crippen LogP contribution in [0.3, 0.4) is 0 Å². The van der Waals surface area contributed by atoms with Gasteiger partial charge >= 0.3 is 5.97 Å². The van der Waals surface area contributed by atoms with Crippen molar-refractivity contribution in [1.82, 2.24) is 9.55 Å². The Kier molecular flexibility index (Phi) is 2.95. The van der Waals surface area contributed by atoms with Crippen molar-refractivity contribution in [3.05, 3.63) is 48.0 Å². The number of carboxylic acids is 1. The number of aromatic nitrogens is 2. The predicted molar refractivity (Wildman–Crippen MR) is 64.6 cm³/mol. The van der Waals surface area contributed by atoms with Gasteiger partial charge in [-0.05, 0) is 17.5 Å². The van der Waals surface area contributed by atoms with Gasteiger partial charge in [-0.1, -0.05) is 32.0 Å². The second kappa shape index (κ2) is 4.41. The summed E-state index contributed by atoms with van der Waals surface area (Å²) in [5.74, 6) is -0.632. The summed E-state index contributed by atoms with van der Waals surface area (Å²) in [6.07, 6.45) is 3.06. The molecule has 0 aliphatic carbocycles. The van der Waals surface area contributed by atoms with Gasteiger partial charge in [0, 0.05) is 11.9 Å². The fourth-order valence-electron chi connectivity index (χ4n) is 1.78. The maximum Gasteiger partial charge on any atom is 0.356 e. The zero-order valence-electron chi connectivity index (χ0n) is 9.79. The van der Waals surface area contributed by atoms with E-state index in [9.17, 15) is 4.79 Å². The Labute approximate surface area is 99.5 Å². The molecule has 2 aromatic rings. The minimum absolute atomic E-state index is 0.0589. The lowest BCUT2D eigenvalue weighted by molar-refractivity contribution is 0.0691. The number of carboxylic acid groups (broad SMARTS) is 1. The molecule has 1 aromatic carbocycles. The first-order valence-electron chi connectivity index (χ1n) is 5.46. The van der Waals surface area contributed by atoms with Crippen LogP contribution in [0.4, 0.5) is 0 Å². The lowest BCUT2D eigenvalue weighted by Crippen LogP contribution is -1.99. The van der Waals surface area contributed by atoms with E-state index in [4.69, 9.17) is 5.11 Å². The van der Waals surface area contributed by atoms with E-state index in [-0.39, 0.29) is 5.69 Å². The van der Waals surface area contributed by atoms with E-state index < -0.39 is 5.97 Å². The van der Waals surface area contributed by atoms with E-state index in [0.29, 0.717) is 5.92 Å². The maximum absolute atomic E-state index is 10.8. The zero-order valence-corrected chi connectivity index (χ0v) is 9.79. The molecule has 0 radical (unpaired) electrons. The Morgan fingerprint density at radius 2 is 2.06 bits per heavy atom. The molecule has 0 amide bonds. The van der Waals surface area contributed by atoms with Crippen LogP contribution >= 0.6 is 0 Å². The molecule has 0 fully saturated rings. The van der Waals surface area contributed by atoms with Crippen LogP contribution in [0.5, 0.6) is 0 Å². The molecule has 0 bridgehead atoms. The van der Waals surface area contributed by atoms with Crippen LogP contribution in [-0.4, -0.2) is 20.6 Å². The van der Waals surface area contributed by atoms with Gasteiger partial charge in [0.2, 0.25) is 0 Å². The van der Waals surface area contributed by atoms with Gasteiger partial charge in [-0.2, -0.15) is 0 Å². The number of aromatic carboxylic acids is 1. The first-order valence-corrected chi connectivity index (χ1v) is 5.46. The topological polar surface area (TPSA) is 55.1 Å². The first-order chi connectivity index (χ1) is 8.09. The molecule has 0 saturated carbocycles. The third-order valence-electron chi connectivity index (χ3n) is 2.64. The number of hydrogen-bond acceptors (Lipinski definition) is 2. The van der Waals surface area contributed by atoms with Crippen LogP contribution in [-0.2, 0) is 0 Å². The van der Waals surface area contributed by atoms with Crippen molar-refractivity contribution in [3.63, 3.8) is 0 Å². The third-order valence-corrected chi connectivity index (χ3v) is 2.64. The van der Waals surface area contributed by atoms with Crippen LogP contribution < -0.4 is 0 Å². The van der Waals surface area contributed by atoms with Crippen molar-refractivity contribution in [2.45, 2.75) is 19.8 Å². The average molecular weight is 230 g/mol. The highest BCUT2D eigenvalue weighted by atomic mass is 16.4. The lowest BCUT2D eigenvalue weighted by Gasteiger charge is -2.12. The second-order valence-electron chi connectivity index (χ2n) is 4.18. The Balaban J connectivity index is 2.48. The quantitative estimate of drug-likeness (QED) is 0.882. The molecule has 2 rings (SSSR count). The van der Waals surface area contributed by atoms with Crippen LogP contribution in [0.25, 0.3) is 5.69 Å². The van der Waals surface area contributed by atoms with Crippen LogP contribution in [0.2, 0.25) is 0 Å². The molecule has 17 heavy (non-hydrogen) atoms. The monoisotopic (exact) mass is 230 g/mol. The molecule has 0 saturated heterocycles. The van der Waals surface area contributed by atoms with Gasteiger partial charge in [0.15, 0.2) is 5.69 Å². The third kappa shape index (κ3) is 2.20. The Hall–Kier alpha value is -2.10. The van der Waals surface area contributed by atoms with Crippen LogP contribution in [0.15, 0.2) is 36.8 Å². The Bertz CT molecular complexity index is 544. The summed E-state index contributed by atoms with van der Waals surface area (Å²) in [6.45, 7) is 4.21. The smallest absolute Gasteiger partial charge is 0.356 e. The zero-order chi connectivity index (χ0) is 12.4. The van der Waals surface area contributed by atoms with Crippen molar-refractivity contribution in [3.8, 4) is 5.69 Å². The summed E-state index contributed by atoms with van der Waals surface area (Å²) in [5, 5.41) is 8.85. The summed E-state index contributed by atoms with van der Waals surface area (Å²) in [7, 11) is 0. The van der Waals surface area contributed by atoms with Gasteiger partial charge in [0.05, 0.1) is 0 Å². The van der Waals surface area contributed by atoms with Gasteiger partial charge in [-0.15, -0.1) is 0 Å². The number of rotatable bonds is 3. The molecule has 0 unspecified atom stereocenters. The summed E-state index contributed by atoms with van der Waals surface area (Å²) in [4.78, 5) is 14.6. The van der Waals surface area contributed by atoms with Gasteiger partial charge in [0.25, 0.3) is 0 Å². The maximum atomic E-state index is 10.8. The van der Waals surface area contributed by atoms with Crippen LogP contribution in [0.1, 0.15) is 35.8 Å². The molecule has 0 aliphatic heterocycles. The van der Waals surface area contributed by atoms with E-state index in [1.165, 1.54) is 18.1 Å². The van der Waals surface area contributed by atoms with Crippen molar-refractivity contribution >= 4 is 5.97 Å². The summed E-state index contributed by atoms with van der Waals surface area (Å²) < 4.78 is 1.75. The van der Waals surface area contributed by atoms with E-state index >= 15 is 0 Å². The Morgan fingerprint density at radius 1 is 1.35 bits per heavy atom. The SMILES string of the molecule is CC(C)c1ccccc1-n1cnc(C(=O)O)c1. The van der Waals surface area contributed by atoms with E-state index in [0.717, 1.165) is 5.69 Å². The highest BCUT2D eigenvalue weighted by Gasteiger charge is 2.11. The molecule has 0 atom stereocenters. The fraction of sp³-hybridized carbons (Fsp3) is 0.231. The lowest BCUT2D eigenvalue weighted by atomic mass is 10.0. The molecular formula is C13H14N2O2. The van der Waals surface area contributed by atoms with E-state index in [1.54, 1.807) is 4.57 Å². The van der Waals surface area contributed by atoms with E-state index in [2.05, 4.69) is 18.8 Å². The minimum Gasteiger partial charge on any atom is -0.476 e. The number of nitrogens with zero attached hydrogens (tertiary/aromatic N) is 2. The van der Waals surface area contributed by atoms with Crippen molar-refractivity contribution < 1.29 is 9.90 Å². The largest absolute Gasteiger partial charge is 0.476 e. The number of imidazole rings is 1. The van der Waals surface area contributed by atoms with Crippen molar-refractivity contribution in [2.75, 3.05) is 0 Å². The van der Waals surface area contributed by atoms with Crippen LogP contribution in [0, 0.1) is 0 Å². The Morgan fingerprint density at radius 3 is 2.65 bits per heavy atom.